The van der Waals surface area contributed by atoms with Gasteiger partial charge in [0.25, 0.3) is 0 Å². The zero-order valence-electron chi connectivity index (χ0n) is 13.3. The fraction of sp³-hybridized carbons (Fsp3) is 0.375. The van der Waals surface area contributed by atoms with Crippen molar-refractivity contribution in [2.45, 2.75) is 32.4 Å². The lowest BCUT2D eigenvalue weighted by Gasteiger charge is -2.16. The quantitative estimate of drug-likeness (QED) is 0.318. The van der Waals surface area contributed by atoms with Crippen LogP contribution in [0.5, 0.6) is 0 Å². The van der Waals surface area contributed by atoms with Crippen LogP contribution in [-0.4, -0.2) is 41.5 Å². The zero-order chi connectivity index (χ0) is 17.8. The summed E-state index contributed by atoms with van der Waals surface area (Å²) < 4.78 is 9.89. The van der Waals surface area contributed by atoms with Gasteiger partial charge in [0.05, 0.1) is 6.61 Å². The molecule has 0 aliphatic rings. The van der Waals surface area contributed by atoms with Crippen molar-refractivity contribution in [3.63, 3.8) is 0 Å². The van der Waals surface area contributed by atoms with Crippen molar-refractivity contribution >= 4 is 24.1 Å². The Labute approximate surface area is 139 Å². The highest BCUT2D eigenvalue weighted by molar-refractivity contribution is 6.25. The third-order valence-corrected chi connectivity index (χ3v) is 2.96. The largest absolute Gasteiger partial charge is 0.464 e. The second-order valence-electron chi connectivity index (χ2n) is 4.76. The molecule has 1 N–H and O–H groups in total. The molecular formula is C16H19N3O5. The van der Waals surface area contributed by atoms with Gasteiger partial charge in [0.15, 0.2) is 0 Å². The van der Waals surface area contributed by atoms with Crippen LogP contribution < -0.4 is 5.32 Å². The van der Waals surface area contributed by atoms with E-state index in [2.05, 4.69) is 10.1 Å². The molecule has 0 heterocycles. The molecule has 8 heteroatoms. The summed E-state index contributed by atoms with van der Waals surface area (Å²) in [5, 5.41) is 2.37. The molecule has 1 aromatic carbocycles. The van der Waals surface area contributed by atoms with Crippen molar-refractivity contribution in [2.75, 3.05) is 6.61 Å². The lowest BCUT2D eigenvalue weighted by molar-refractivity contribution is -0.145. The summed E-state index contributed by atoms with van der Waals surface area (Å²) in [5.74, 6) is -1.14. The molecule has 8 nitrogen and oxygen atoms in total. The summed E-state index contributed by atoms with van der Waals surface area (Å²) in [7, 11) is 0. The molecule has 1 aromatic rings. The van der Waals surface area contributed by atoms with Crippen LogP contribution in [0.25, 0.3) is 5.53 Å². The standard InChI is InChI=1S/C16H19N3O5/c1-2-23-15(21)14(9-8-13(20)10-18-17)19-16(22)24-11-12-6-4-3-5-7-12/h3-7,10,14H,2,8-9,11H2,1H3,(H,19,22)/t14-/m0/s1. The van der Waals surface area contributed by atoms with Crippen molar-refractivity contribution in [2.24, 2.45) is 0 Å². The number of hydrogen-bond donors (Lipinski definition) is 1. The highest BCUT2D eigenvalue weighted by atomic mass is 16.6. The molecule has 0 aliphatic heterocycles. The van der Waals surface area contributed by atoms with Gasteiger partial charge >= 0.3 is 18.3 Å². The molecule has 0 spiro atoms. The van der Waals surface area contributed by atoms with E-state index in [0.29, 0.717) is 0 Å². The lowest BCUT2D eigenvalue weighted by atomic mass is 10.1. The van der Waals surface area contributed by atoms with E-state index < -0.39 is 23.9 Å². The second kappa shape index (κ2) is 10.7. The van der Waals surface area contributed by atoms with E-state index in [0.717, 1.165) is 11.8 Å². The first-order valence-corrected chi connectivity index (χ1v) is 7.41. The van der Waals surface area contributed by atoms with Gasteiger partial charge in [-0.05, 0) is 18.9 Å². The van der Waals surface area contributed by atoms with Crippen molar-refractivity contribution in [3.8, 4) is 0 Å². The lowest BCUT2D eigenvalue weighted by Crippen LogP contribution is -2.42. The summed E-state index contributed by atoms with van der Waals surface area (Å²) in [6, 6.07) is 8.03. The summed E-state index contributed by atoms with van der Waals surface area (Å²) in [4.78, 5) is 37.6. The molecule has 24 heavy (non-hydrogen) atoms. The molecule has 0 aromatic heterocycles. The Morgan fingerprint density at radius 1 is 1.25 bits per heavy atom. The number of hydrogen-bond acceptors (Lipinski definition) is 5. The Hall–Kier alpha value is -2.99. The molecular weight excluding hydrogens is 314 g/mol. The first-order valence-electron chi connectivity index (χ1n) is 7.41. The number of Topliss-reactive ketones (excluding diaryl/α,β-unsaturated/α-hetero) is 1. The maximum Gasteiger partial charge on any atom is 0.408 e. The van der Waals surface area contributed by atoms with Gasteiger partial charge in [-0.25, -0.2) is 9.59 Å². The predicted molar refractivity (Wildman–Crippen MR) is 84.1 cm³/mol. The van der Waals surface area contributed by atoms with Crippen LogP contribution in [0, 0.1) is 0 Å². The van der Waals surface area contributed by atoms with Crippen molar-refractivity contribution < 1.29 is 28.6 Å². The van der Waals surface area contributed by atoms with E-state index in [-0.39, 0.29) is 26.1 Å². The molecule has 128 valence electrons. The second-order valence-corrected chi connectivity index (χ2v) is 4.76. The van der Waals surface area contributed by atoms with E-state index in [9.17, 15) is 14.4 Å². The molecule has 1 atom stereocenters. The van der Waals surface area contributed by atoms with Crippen molar-refractivity contribution in [3.05, 3.63) is 41.4 Å². The third kappa shape index (κ3) is 7.33. The molecule has 0 saturated heterocycles. The Balaban J connectivity index is 2.55. The van der Waals surface area contributed by atoms with Gasteiger partial charge in [-0.3, -0.25) is 4.79 Å². The van der Waals surface area contributed by atoms with Crippen LogP contribution in [0.1, 0.15) is 25.3 Å². The van der Waals surface area contributed by atoms with E-state index >= 15 is 0 Å². The number of benzene rings is 1. The number of esters is 1. The maximum atomic E-state index is 11.8. The average molecular weight is 333 g/mol. The minimum Gasteiger partial charge on any atom is -0.464 e. The van der Waals surface area contributed by atoms with Crippen LogP contribution in [0.15, 0.2) is 30.3 Å². The monoisotopic (exact) mass is 333 g/mol. The molecule has 0 fully saturated rings. The van der Waals surface area contributed by atoms with Gasteiger partial charge in [-0.15, -0.1) is 0 Å². The van der Waals surface area contributed by atoms with Crippen LogP contribution in [0.3, 0.4) is 0 Å². The predicted octanol–water partition coefficient (Wildman–Crippen LogP) is 1.49. The number of ketones is 1. The number of amides is 1. The molecule has 0 radical (unpaired) electrons. The average Bonchev–Trinajstić information content (AvgIpc) is 2.58. The fourth-order valence-electron chi connectivity index (χ4n) is 1.81. The number of carbonyl (C=O) groups excluding carboxylic acids is 3. The third-order valence-electron chi connectivity index (χ3n) is 2.96. The zero-order valence-corrected chi connectivity index (χ0v) is 13.3. The van der Waals surface area contributed by atoms with Gasteiger partial charge in [0, 0.05) is 6.42 Å². The van der Waals surface area contributed by atoms with Crippen LogP contribution >= 0.6 is 0 Å². The SMILES string of the molecule is CCOC(=O)[C@H](CCC(=O)C=[N+]=[N-])NC(=O)OCc1ccccc1. The highest BCUT2D eigenvalue weighted by Crippen LogP contribution is 2.04. The first-order chi connectivity index (χ1) is 11.6. The fourth-order valence-corrected chi connectivity index (χ4v) is 1.81. The number of ether oxygens (including phenoxy) is 2. The smallest absolute Gasteiger partial charge is 0.408 e. The Morgan fingerprint density at radius 3 is 2.58 bits per heavy atom. The highest BCUT2D eigenvalue weighted by Gasteiger charge is 2.24. The van der Waals surface area contributed by atoms with Crippen LogP contribution in [-0.2, 0) is 25.7 Å². The Kier molecular flexibility index (Phi) is 8.49. The number of rotatable bonds is 9. The van der Waals surface area contributed by atoms with Crippen molar-refractivity contribution in [1.29, 1.82) is 0 Å². The molecule has 1 rings (SSSR count). The number of nitrogens with zero attached hydrogens (tertiary/aromatic N) is 2. The van der Waals surface area contributed by atoms with Gasteiger partial charge < -0.3 is 20.3 Å². The molecule has 0 saturated carbocycles. The minimum absolute atomic E-state index is 0.00409. The van der Waals surface area contributed by atoms with E-state index in [1.807, 2.05) is 18.2 Å². The topological polar surface area (TPSA) is 118 Å². The Morgan fingerprint density at radius 2 is 1.96 bits per heavy atom. The van der Waals surface area contributed by atoms with E-state index in [4.69, 9.17) is 15.0 Å². The summed E-state index contributed by atoms with van der Waals surface area (Å²) in [6.07, 6.45) is -0.146. The van der Waals surface area contributed by atoms with Gasteiger partial charge in [-0.2, -0.15) is 4.79 Å². The minimum atomic E-state index is -1.02. The Bertz CT molecular complexity index is 611. The number of carbonyl (C=O) groups is 3. The maximum absolute atomic E-state index is 11.8. The molecule has 0 bridgehead atoms. The van der Waals surface area contributed by atoms with E-state index in [1.165, 1.54) is 0 Å². The number of alkyl carbamates (subject to hydrolysis) is 1. The van der Waals surface area contributed by atoms with Crippen molar-refractivity contribution in [1.82, 2.24) is 5.32 Å². The van der Waals surface area contributed by atoms with Gasteiger partial charge in [0.1, 0.15) is 12.6 Å². The van der Waals surface area contributed by atoms with Crippen LogP contribution in [0.4, 0.5) is 4.79 Å². The molecule has 0 unspecified atom stereocenters. The summed E-state index contributed by atoms with van der Waals surface area (Å²) in [5.41, 5.74) is 9.09. The summed E-state index contributed by atoms with van der Waals surface area (Å²) in [6.45, 7) is 1.83. The van der Waals surface area contributed by atoms with E-state index in [1.54, 1.807) is 19.1 Å². The van der Waals surface area contributed by atoms with Crippen LogP contribution in [0.2, 0.25) is 0 Å². The first kappa shape index (κ1) is 19.1. The normalized spacial score (nSPS) is 10.9. The van der Waals surface area contributed by atoms with Gasteiger partial charge in [-0.1, -0.05) is 30.3 Å². The number of nitrogens with one attached hydrogen (secondary N) is 1. The molecule has 1 amide bonds. The summed E-state index contributed by atoms with van der Waals surface area (Å²) >= 11 is 0. The van der Waals surface area contributed by atoms with Gasteiger partial charge in [0.2, 0.25) is 5.78 Å². The molecule has 0 aliphatic carbocycles.